The first kappa shape index (κ1) is 12.2. The Morgan fingerprint density at radius 2 is 1.67 bits per heavy atom. The standard InChI is InChI=1S/C13H22N2/c1-4-14-11-13-7-5-12(6-8-13)9-10-15(2)3/h5-8,14H,4,9-11H2,1-3H3. The maximum absolute atomic E-state index is 3.33. The highest BCUT2D eigenvalue weighted by Crippen LogP contribution is 2.05. The Bertz CT molecular complexity index is 264. The molecule has 0 saturated heterocycles. The van der Waals surface area contributed by atoms with Crippen LogP contribution in [-0.2, 0) is 13.0 Å². The minimum Gasteiger partial charge on any atom is -0.313 e. The van der Waals surface area contributed by atoms with Gasteiger partial charge in [0.05, 0.1) is 0 Å². The van der Waals surface area contributed by atoms with Gasteiger partial charge >= 0.3 is 0 Å². The Kier molecular flexibility index (Phi) is 5.37. The molecule has 0 aliphatic heterocycles. The molecule has 0 spiro atoms. The molecule has 0 heterocycles. The Hall–Kier alpha value is -0.860. The third-order valence-electron chi connectivity index (χ3n) is 2.45. The molecule has 1 aromatic carbocycles. The van der Waals surface area contributed by atoms with Crippen molar-refractivity contribution in [2.45, 2.75) is 19.9 Å². The number of benzene rings is 1. The van der Waals surface area contributed by atoms with Crippen LogP contribution < -0.4 is 5.32 Å². The van der Waals surface area contributed by atoms with Crippen LogP contribution in [0, 0.1) is 0 Å². The third-order valence-corrected chi connectivity index (χ3v) is 2.45. The molecule has 0 bridgehead atoms. The number of nitrogens with one attached hydrogen (secondary N) is 1. The monoisotopic (exact) mass is 206 g/mol. The minimum absolute atomic E-state index is 0.977. The van der Waals surface area contributed by atoms with Gasteiger partial charge in [0.25, 0.3) is 0 Å². The predicted octanol–water partition coefficient (Wildman–Crippen LogP) is 1.90. The van der Waals surface area contributed by atoms with Crippen molar-refractivity contribution in [1.82, 2.24) is 10.2 Å². The lowest BCUT2D eigenvalue weighted by Gasteiger charge is -2.09. The highest BCUT2D eigenvalue weighted by atomic mass is 15.0. The minimum atomic E-state index is 0.977. The van der Waals surface area contributed by atoms with Crippen LogP contribution in [0.5, 0.6) is 0 Å². The highest BCUT2D eigenvalue weighted by molar-refractivity contribution is 5.22. The van der Waals surface area contributed by atoms with Crippen LogP contribution in [0.15, 0.2) is 24.3 Å². The van der Waals surface area contributed by atoms with Crippen molar-refractivity contribution in [3.63, 3.8) is 0 Å². The van der Waals surface area contributed by atoms with Crippen molar-refractivity contribution < 1.29 is 0 Å². The van der Waals surface area contributed by atoms with E-state index < -0.39 is 0 Å². The van der Waals surface area contributed by atoms with Gasteiger partial charge in [0.2, 0.25) is 0 Å². The predicted molar refractivity (Wildman–Crippen MR) is 66.1 cm³/mol. The van der Waals surface area contributed by atoms with Crippen LogP contribution in [0.1, 0.15) is 18.1 Å². The number of rotatable bonds is 6. The zero-order chi connectivity index (χ0) is 11.1. The summed E-state index contributed by atoms with van der Waals surface area (Å²) in [6.07, 6.45) is 1.13. The molecular weight excluding hydrogens is 184 g/mol. The SMILES string of the molecule is CCNCc1ccc(CCN(C)C)cc1. The summed E-state index contributed by atoms with van der Waals surface area (Å²) in [6, 6.07) is 8.90. The van der Waals surface area contributed by atoms with Gasteiger partial charge in [0, 0.05) is 13.1 Å². The van der Waals surface area contributed by atoms with E-state index in [4.69, 9.17) is 0 Å². The zero-order valence-corrected chi connectivity index (χ0v) is 10.1. The molecule has 1 N–H and O–H groups in total. The van der Waals surface area contributed by atoms with Crippen LogP contribution in [0.25, 0.3) is 0 Å². The third kappa shape index (κ3) is 4.96. The first-order valence-electron chi connectivity index (χ1n) is 5.65. The summed E-state index contributed by atoms with van der Waals surface area (Å²) in [4.78, 5) is 2.21. The van der Waals surface area contributed by atoms with Crippen LogP contribution in [-0.4, -0.2) is 32.1 Å². The summed E-state index contributed by atoms with van der Waals surface area (Å²) in [6.45, 7) is 5.25. The maximum Gasteiger partial charge on any atom is 0.0205 e. The molecule has 0 aliphatic carbocycles. The van der Waals surface area contributed by atoms with Gasteiger partial charge in [-0.15, -0.1) is 0 Å². The fourth-order valence-corrected chi connectivity index (χ4v) is 1.45. The van der Waals surface area contributed by atoms with Gasteiger partial charge in [-0.25, -0.2) is 0 Å². The summed E-state index contributed by atoms with van der Waals surface area (Å²) < 4.78 is 0. The van der Waals surface area contributed by atoms with Gasteiger partial charge in [-0.1, -0.05) is 31.2 Å². The highest BCUT2D eigenvalue weighted by Gasteiger charge is 1.95. The molecule has 1 rings (SSSR count). The lowest BCUT2D eigenvalue weighted by atomic mass is 10.1. The average Bonchev–Trinajstić information content (AvgIpc) is 2.25. The molecule has 2 heteroatoms. The van der Waals surface area contributed by atoms with Crippen molar-refractivity contribution in [3.8, 4) is 0 Å². The van der Waals surface area contributed by atoms with E-state index in [2.05, 4.69) is 55.5 Å². The topological polar surface area (TPSA) is 15.3 Å². The van der Waals surface area contributed by atoms with Crippen molar-refractivity contribution in [2.24, 2.45) is 0 Å². The van der Waals surface area contributed by atoms with Gasteiger partial charge in [0.15, 0.2) is 0 Å². The largest absolute Gasteiger partial charge is 0.313 e. The number of nitrogens with zero attached hydrogens (tertiary/aromatic N) is 1. The molecule has 0 unspecified atom stereocenters. The van der Waals surface area contributed by atoms with Gasteiger partial charge in [-0.05, 0) is 38.2 Å². The molecule has 84 valence electrons. The van der Waals surface area contributed by atoms with E-state index in [1.807, 2.05) is 0 Å². The summed E-state index contributed by atoms with van der Waals surface area (Å²) >= 11 is 0. The molecule has 0 saturated carbocycles. The summed E-state index contributed by atoms with van der Waals surface area (Å²) in [5.74, 6) is 0. The number of hydrogen-bond donors (Lipinski definition) is 1. The molecule has 0 aliphatic rings. The van der Waals surface area contributed by atoms with E-state index in [0.29, 0.717) is 0 Å². The van der Waals surface area contributed by atoms with E-state index >= 15 is 0 Å². The average molecular weight is 206 g/mol. The van der Waals surface area contributed by atoms with Crippen molar-refractivity contribution in [1.29, 1.82) is 0 Å². The lowest BCUT2D eigenvalue weighted by molar-refractivity contribution is 0.413. The van der Waals surface area contributed by atoms with E-state index in [1.54, 1.807) is 0 Å². The van der Waals surface area contributed by atoms with E-state index in [9.17, 15) is 0 Å². The molecule has 0 aromatic heterocycles. The van der Waals surface area contributed by atoms with Gasteiger partial charge in [0.1, 0.15) is 0 Å². The van der Waals surface area contributed by atoms with Crippen LogP contribution in [0.4, 0.5) is 0 Å². The first-order valence-corrected chi connectivity index (χ1v) is 5.65. The molecule has 15 heavy (non-hydrogen) atoms. The fourth-order valence-electron chi connectivity index (χ4n) is 1.45. The maximum atomic E-state index is 3.33. The normalized spacial score (nSPS) is 10.9. The Morgan fingerprint density at radius 1 is 1.07 bits per heavy atom. The fraction of sp³-hybridized carbons (Fsp3) is 0.538. The van der Waals surface area contributed by atoms with E-state index in [0.717, 1.165) is 26.1 Å². The van der Waals surface area contributed by atoms with Gasteiger partial charge in [-0.3, -0.25) is 0 Å². The summed E-state index contributed by atoms with van der Waals surface area (Å²) in [7, 11) is 4.22. The molecule has 0 radical (unpaired) electrons. The zero-order valence-electron chi connectivity index (χ0n) is 10.1. The van der Waals surface area contributed by atoms with Crippen molar-refractivity contribution >= 4 is 0 Å². The number of likely N-dealkylation sites (N-methyl/N-ethyl adjacent to an activating group) is 1. The molecule has 0 fully saturated rings. The van der Waals surface area contributed by atoms with E-state index in [1.165, 1.54) is 11.1 Å². The van der Waals surface area contributed by atoms with Crippen molar-refractivity contribution in [3.05, 3.63) is 35.4 Å². The Balaban J connectivity index is 2.41. The Morgan fingerprint density at radius 3 is 2.20 bits per heavy atom. The summed E-state index contributed by atoms with van der Waals surface area (Å²) in [5.41, 5.74) is 2.79. The second-order valence-electron chi connectivity index (χ2n) is 4.15. The summed E-state index contributed by atoms with van der Waals surface area (Å²) in [5, 5.41) is 3.33. The molecule has 0 atom stereocenters. The molecule has 2 nitrogen and oxygen atoms in total. The Labute approximate surface area is 93.3 Å². The van der Waals surface area contributed by atoms with E-state index in [-0.39, 0.29) is 0 Å². The molecule has 0 amide bonds. The quantitative estimate of drug-likeness (QED) is 0.765. The second kappa shape index (κ2) is 6.59. The first-order chi connectivity index (χ1) is 7.22. The number of hydrogen-bond acceptors (Lipinski definition) is 2. The van der Waals surface area contributed by atoms with Crippen LogP contribution >= 0.6 is 0 Å². The van der Waals surface area contributed by atoms with Crippen molar-refractivity contribution in [2.75, 3.05) is 27.2 Å². The van der Waals surface area contributed by atoms with Gasteiger partial charge in [-0.2, -0.15) is 0 Å². The second-order valence-corrected chi connectivity index (χ2v) is 4.15. The molecular formula is C13H22N2. The van der Waals surface area contributed by atoms with Gasteiger partial charge < -0.3 is 10.2 Å². The van der Waals surface area contributed by atoms with Crippen LogP contribution in [0.2, 0.25) is 0 Å². The molecule has 1 aromatic rings. The lowest BCUT2D eigenvalue weighted by Crippen LogP contribution is -2.15. The van der Waals surface area contributed by atoms with Crippen LogP contribution in [0.3, 0.4) is 0 Å². The smallest absolute Gasteiger partial charge is 0.0205 e.